The van der Waals surface area contributed by atoms with Gasteiger partial charge in [0.1, 0.15) is 0 Å². The van der Waals surface area contributed by atoms with E-state index in [0.717, 1.165) is 51.7 Å². The molecule has 0 bridgehead atoms. The number of hydrogen-bond acceptors (Lipinski definition) is 4. The number of hydrogen-bond donors (Lipinski definition) is 2. The molecule has 2 fully saturated rings. The predicted octanol–water partition coefficient (Wildman–Crippen LogP) is 0.486. The first-order valence-corrected chi connectivity index (χ1v) is 7.34. The Kier molecular flexibility index (Phi) is 5.88. The van der Waals surface area contributed by atoms with Crippen LogP contribution >= 0.6 is 0 Å². The summed E-state index contributed by atoms with van der Waals surface area (Å²) in [4.78, 5) is 6.85. The van der Waals surface area contributed by atoms with Crippen LogP contribution in [-0.4, -0.2) is 55.9 Å². The topological polar surface area (TPSA) is 72.1 Å². The number of nitrogens with zero attached hydrogens (tertiary/aromatic N) is 2. The van der Waals surface area contributed by atoms with Crippen LogP contribution in [0.15, 0.2) is 4.99 Å². The van der Waals surface area contributed by atoms with Crippen molar-refractivity contribution in [2.24, 2.45) is 10.8 Å². The van der Waals surface area contributed by atoms with Crippen LogP contribution in [0.2, 0.25) is 0 Å². The van der Waals surface area contributed by atoms with Crippen LogP contribution < -0.4 is 11.3 Å². The van der Waals surface area contributed by atoms with Crippen molar-refractivity contribution in [2.75, 3.05) is 32.9 Å². The molecule has 1 aliphatic carbocycles. The van der Waals surface area contributed by atoms with Crippen LogP contribution in [0.3, 0.4) is 0 Å². The number of rotatable bonds is 5. The molecule has 3 N–H and O–H groups in total. The molecule has 0 aromatic carbocycles. The van der Waals surface area contributed by atoms with Gasteiger partial charge in [0, 0.05) is 26.3 Å². The zero-order chi connectivity index (χ0) is 13.5. The van der Waals surface area contributed by atoms with Gasteiger partial charge in [-0.2, -0.15) is 0 Å². The third-order valence-corrected chi connectivity index (χ3v) is 3.80. The lowest BCUT2D eigenvalue weighted by molar-refractivity contribution is -0.0306. The van der Waals surface area contributed by atoms with E-state index in [1.807, 2.05) is 6.92 Å². The number of aliphatic imine (C=N–C) groups is 1. The zero-order valence-electron chi connectivity index (χ0n) is 11.8. The molecule has 0 aromatic heterocycles. The molecular formula is C13H26N4O2. The van der Waals surface area contributed by atoms with Gasteiger partial charge in [-0.05, 0) is 32.6 Å². The second-order valence-electron chi connectivity index (χ2n) is 5.00. The van der Waals surface area contributed by atoms with E-state index in [0.29, 0.717) is 12.1 Å². The summed E-state index contributed by atoms with van der Waals surface area (Å²) in [7, 11) is 0. The second kappa shape index (κ2) is 7.67. The molecule has 1 saturated heterocycles. The molecule has 2 aliphatic rings. The van der Waals surface area contributed by atoms with E-state index in [1.165, 1.54) is 12.8 Å². The van der Waals surface area contributed by atoms with Gasteiger partial charge in [0.15, 0.2) is 0 Å². The number of guanidine groups is 1. The molecule has 0 amide bonds. The van der Waals surface area contributed by atoms with Gasteiger partial charge in [-0.3, -0.25) is 10.4 Å². The first-order valence-electron chi connectivity index (χ1n) is 7.34. The van der Waals surface area contributed by atoms with Gasteiger partial charge in [0.2, 0.25) is 5.96 Å². The molecule has 1 aliphatic heterocycles. The summed E-state index contributed by atoms with van der Waals surface area (Å²) in [6.07, 6.45) is 4.84. The molecule has 2 atom stereocenters. The van der Waals surface area contributed by atoms with Crippen LogP contribution in [0, 0.1) is 0 Å². The number of ether oxygens (including phenoxy) is 2. The van der Waals surface area contributed by atoms with E-state index in [2.05, 4.69) is 15.3 Å². The van der Waals surface area contributed by atoms with Crippen LogP contribution in [0.5, 0.6) is 0 Å². The van der Waals surface area contributed by atoms with Gasteiger partial charge in [0.05, 0.1) is 18.8 Å². The molecule has 1 heterocycles. The van der Waals surface area contributed by atoms with E-state index in [9.17, 15) is 0 Å². The van der Waals surface area contributed by atoms with Crippen molar-refractivity contribution in [3.05, 3.63) is 0 Å². The highest BCUT2D eigenvalue weighted by Gasteiger charge is 2.37. The smallest absolute Gasteiger partial charge is 0.208 e. The molecule has 2 unspecified atom stereocenters. The minimum atomic E-state index is 0.357. The fourth-order valence-corrected chi connectivity index (χ4v) is 2.90. The Labute approximate surface area is 115 Å². The molecule has 110 valence electrons. The number of nitrogens with two attached hydrogens (primary N) is 1. The lowest BCUT2D eigenvalue weighted by atomic mass is 10.1. The fraction of sp³-hybridized carbons (Fsp3) is 0.923. The van der Waals surface area contributed by atoms with Crippen molar-refractivity contribution in [2.45, 2.75) is 44.8 Å². The van der Waals surface area contributed by atoms with Gasteiger partial charge in [-0.15, -0.1) is 0 Å². The lowest BCUT2D eigenvalue weighted by Crippen LogP contribution is -2.56. The van der Waals surface area contributed by atoms with Crippen molar-refractivity contribution in [1.82, 2.24) is 10.3 Å². The molecular weight excluding hydrogens is 244 g/mol. The Hall–Kier alpha value is -0.850. The molecule has 0 radical (unpaired) electrons. The fourth-order valence-electron chi connectivity index (χ4n) is 2.90. The quantitative estimate of drug-likeness (QED) is 0.250. The van der Waals surface area contributed by atoms with Crippen LogP contribution in [0.4, 0.5) is 0 Å². The van der Waals surface area contributed by atoms with E-state index >= 15 is 0 Å². The largest absolute Gasteiger partial charge is 0.382 e. The van der Waals surface area contributed by atoms with Crippen LogP contribution in [0.1, 0.15) is 32.6 Å². The Morgan fingerprint density at radius 1 is 1.53 bits per heavy atom. The summed E-state index contributed by atoms with van der Waals surface area (Å²) >= 11 is 0. The maximum Gasteiger partial charge on any atom is 0.208 e. The lowest BCUT2D eigenvalue weighted by Gasteiger charge is -2.39. The van der Waals surface area contributed by atoms with Crippen LogP contribution in [-0.2, 0) is 9.47 Å². The van der Waals surface area contributed by atoms with Crippen molar-refractivity contribution < 1.29 is 9.47 Å². The first kappa shape index (κ1) is 14.6. The number of morpholine rings is 1. The normalized spacial score (nSPS) is 27.5. The van der Waals surface area contributed by atoms with Gasteiger partial charge in [0.25, 0.3) is 0 Å². The van der Waals surface area contributed by atoms with Crippen LogP contribution in [0.25, 0.3) is 0 Å². The van der Waals surface area contributed by atoms with Gasteiger partial charge < -0.3 is 14.4 Å². The maximum atomic E-state index is 5.80. The standard InChI is InChI=1S/C13H26N4O2/c1-2-18-9-4-7-15-13(16-14)17-8-10-19-12-6-3-5-11(12)17/h11-12H,2-10,14H2,1H3,(H,15,16). The number of hydrazine groups is 1. The monoisotopic (exact) mass is 270 g/mol. The molecule has 19 heavy (non-hydrogen) atoms. The highest BCUT2D eigenvalue weighted by molar-refractivity contribution is 5.80. The van der Waals surface area contributed by atoms with Crippen molar-refractivity contribution in [1.29, 1.82) is 0 Å². The van der Waals surface area contributed by atoms with Crippen molar-refractivity contribution >= 4 is 5.96 Å². The Balaban J connectivity index is 1.86. The SMILES string of the molecule is CCOCCCN=C(NN)N1CCOC2CCCC21. The molecule has 2 rings (SSSR count). The number of fused-ring (bicyclic) bond motifs is 1. The summed E-state index contributed by atoms with van der Waals surface area (Å²) in [6.45, 7) is 5.90. The highest BCUT2D eigenvalue weighted by atomic mass is 16.5. The Morgan fingerprint density at radius 3 is 3.21 bits per heavy atom. The molecule has 6 heteroatoms. The molecule has 6 nitrogen and oxygen atoms in total. The molecule has 0 spiro atoms. The second-order valence-corrected chi connectivity index (χ2v) is 5.00. The van der Waals surface area contributed by atoms with E-state index in [4.69, 9.17) is 15.3 Å². The maximum absolute atomic E-state index is 5.80. The Morgan fingerprint density at radius 2 is 2.42 bits per heavy atom. The van der Waals surface area contributed by atoms with Crippen molar-refractivity contribution in [3.63, 3.8) is 0 Å². The zero-order valence-corrected chi connectivity index (χ0v) is 11.8. The third kappa shape index (κ3) is 3.81. The van der Waals surface area contributed by atoms with Crippen molar-refractivity contribution in [3.8, 4) is 0 Å². The average Bonchev–Trinajstić information content (AvgIpc) is 2.91. The van der Waals surface area contributed by atoms with E-state index in [1.54, 1.807) is 0 Å². The van der Waals surface area contributed by atoms with Gasteiger partial charge >= 0.3 is 0 Å². The number of nitrogens with one attached hydrogen (secondary N) is 1. The highest BCUT2D eigenvalue weighted by Crippen LogP contribution is 2.29. The van der Waals surface area contributed by atoms with Gasteiger partial charge in [-0.1, -0.05) is 0 Å². The average molecular weight is 270 g/mol. The summed E-state index contributed by atoms with van der Waals surface area (Å²) in [6, 6.07) is 0.440. The molecule has 0 aromatic rings. The predicted molar refractivity (Wildman–Crippen MR) is 74.8 cm³/mol. The third-order valence-electron chi connectivity index (χ3n) is 3.80. The molecule has 1 saturated carbocycles. The van der Waals surface area contributed by atoms with E-state index < -0.39 is 0 Å². The first-order chi connectivity index (χ1) is 9.36. The Bertz CT molecular complexity index is 298. The minimum Gasteiger partial charge on any atom is -0.382 e. The summed E-state index contributed by atoms with van der Waals surface area (Å²) in [5.74, 6) is 6.44. The summed E-state index contributed by atoms with van der Waals surface area (Å²) < 4.78 is 11.1. The summed E-state index contributed by atoms with van der Waals surface area (Å²) in [5, 5.41) is 0. The van der Waals surface area contributed by atoms with Gasteiger partial charge in [-0.25, -0.2) is 5.84 Å². The van der Waals surface area contributed by atoms with E-state index in [-0.39, 0.29) is 0 Å². The summed E-state index contributed by atoms with van der Waals surface area (Å²) in [5.41, 5.74) is 2.75. The minimum absolute atomic E-state index is 0.357.